The lowest BCUT2D eigenvalue weighted by Gasteiger charge is -2.12. The number of carbonyl (C=O) groups is 1. The minimum Gasteiger partial charge on any atom is -0.481 e. The van der Waals surface area contributed by atoms with Crippen LogP contribution in [-0.2, 0) is 11.2 Å². The standard InChI is InChI=1S/C12H14O4/c1-7(2)9-5-11-10(15-6-16-11)3-8(9)4-12(13)14/h3,5,7H,4,6H2,1-2H3,(H,13,14). The van der Waals surface area contributed by atoms with Gasteiger partial charge in [-0.2, -0.15) is 0 Å². The summed E-state index contributed by atoms with van der Waals surface area (Å²) in [5, 5.41) is 8.85. The number of fused-ring (bicyclic) bond motifs is 1. The Morgan fingerprint density at radius 1 is 1.38 bits per heavy atom. The molecule has 16 heavy (non-hydrogen) atoms. The van der Waals surface area contributed by atoms with Crippen LogP contribution in [0.1, 0.15) is 30.9 Å². The summed E-state index contributed by atoms with van der Waals surface area (Å²) in [5.41, 5.74) is 1.80. The third-order valence-corrected chi connectivity index (χ3v) is 2.60. The van der Waals surface area contributed by atoms with Crippen LogP contribution in [-0.4, -0.2) is 17.9 Å². The van der Waals surface area contributed by atoms with Crippen molar-refractivity contribution in [2.45, 2.75) is 26.2 Å². The molecule has 0 atom stereocenters. The van der Waals surface area contributed by atoms with E-state index in [9.17, 15) is 4.79 Å². The number of hydrogen-bond donors (Lipinski definition) is 1. The maximum atomic E-state index is 10.8. The van der Waals surface area contributed by atoms with Gasteiger partial charge >= 0.3 is 5.97 Å². The van der Waals surface area contributed by atoms with Gasteiger partial charge < -0.3 is 14.6 Å². The lowest BCUT2D eigenvalue weighted by Crippen LogP contribution is -2.04. The molecular weight excluding hydrogens is 208 g/mol. The Morgan fingerprint density at radius 2 is 2.00 bits per heavy atom. The molecule has 1 aromatic carbocycles. The molecule has 0 bridgehead atoms. The van der Waals surface area contributed by atoms with Crippen molar-refractivity contribution in [3.05, 3.63) is 23.3 Å². The molecular formula is C12H14O4. The van der Waals surface area contributed by atoms with Gasteiger partial charge in [0.15, 0.2) is 11.5 Å². The van der Waals surface area contributed by atoms with Gasteiger partial charge in [0.2, 0.25) is 6.79 Å². The second kappa shape index (κ2) is 4.04. The summed E-state index contributed by atoms with van der Waals surface area (Å²) in [5.74, 6) is 0.781. The molecule has 0 fully saturated rings. The average Bonchev–Trinajstić information content (AvgIpc) is 2.62. The van der Waals surface area contributed by atoms with Crippen LogP contribution < -0.4 is 9.47 Å². The van der Waals surface area contributed by atoms with Crippen LogP contribution in [0.2, 0.25) is 0 Å². The average molecular weight is 222 g/mol. The van der Waals surface area contributed by atoms with Gasteiger partial charge in [-0.25, -0.2) is 0 Å². The minimum absolute atomic E-state index is 0.0180. The van der Waals surface area contributed by atoms with Gasteiger partial charge in [0.05, 0.1) is 6.42 Å². The van der Waals surface area contributed by atoms with E-state index in [0.717, 1.165) is 11.1 Å². The fraction of sp³-hybridized carbons (Fsp3) is 0.417. The predicted octanol–water partition coefficient (Wildman–Crippen LogP) is 2.17. The van der Waals surface area contributed by atoms with Crippen molar-refractivity contribution in [2.24, 2.45) is 0 Å². The molecule has 2 rings (SSSR count). The largest absolute Gasteiger partial charge is 0.481 e. The van der Waals surface area contributed by atoms with E-state index in [-0.39, 0.29) is 19.1 Å². The summed E-state index contributed by atoms with van der Waals surface area (Å²) in [6.45, 7) is 4.27. The van der Waals surface area contributed by atoms with E-state index in [1.165, 1.54) is 0 Å². The first-order valence-corrected chi connectivity index (χ1v) is 5.22. The van der Waals surface area contributed by atoms with Crippen LogP contribution in [0, 0.1) is 0 Å². The molecule has 0 radical (unpaired) electrons. The first-order valence-electron chi connectivity index (χ1n) is 5.22. The molecule has 1 heterocycles. The van der Waals surface area contributed by atoms with Crippen molar-refractivity contribution in [1.82, 2.24) is 0 Å². The Hall–Kier alpha value is -1.71. The monoisotopic (exact) mass is 222 g/mol. The van der Waals surface area contributed by atoms with Crippen molar-refractivity contribution < 1.29 is 19.4 Å². The normalized spacial score (nSPS) is 13.2. The number of rotatable bonds is 3. The molecule has 0 aliphatic carbocycles. The second-order valence-electron chi connectivity index (χ2n) is 4.13. The molecule has 1 aliphatic rings. The fourth-order valence-corrected chi connectivity index (χ4v) is 1.85. The highest BCUT2D eigenvalue weighted by Crippen LogP contribution is 2.37. The summed E-state index contributed by atoms with van der Waals surface area (Å²) in [4.78, 5) is 10.8. The van der Waals surface area contributed by atoms with E-state index >= 15 is 0 Å². The van der Waals surface area contributed by atoms with Crippen LogP contribution >= 0.6 is 0 Å². The van der Waals surface area contributed by atoms with Gasteiger partial charge in [0, 0.05) is 0 Å². The Labute approximate surface area is 93.8 Å². The van der Waals surface area contributed by atoms with Crippen LogP contribution in [0.15, 0.2) is 12.1 Å². The van der Waals surface area contributed by atoms with E-state index in [2.05, 4.69) is 0 Å². The second-order valence-corrected chi connectivity index (χ2v) is 4.13. The Balaban J connectivity index is 2.44. The molecule has 1 aliphatic heterocycles. The molecule has 0 unspecified atom stereocenters. The summed E-state index contributed by atoms with van der Waals surface area (Å²) in [7, 11) is 0. The van der Waals surface area contributed by atoms with Gasteiger partial charge in [0.25, 0.3) is 0 Å². The summed E-state index contributed by atoms with van der Waals surface area (Å²) < 4.78 is 10.5. The number of carboxylic acids is 1. The molecule has 86 valence electrons. The van der Waals surface area contributed by atoms with Gasteiger partial charge in [-0.05, 0) is 29.2 Å². The van der Waals surface area contributed by atoms with Crippen molar-refractivity contribution in [3.63, 3.8) is 0 Å². The van der Waals surface area contributed by atoms with Gasteiger partial charge in [-0.1, -0.05) is 13.8 Å². The number of carboxylic acid groups (broad SMARTS) is 1. The van der Waals surface area contributed by atoms with Crippen molar-refractivity contribution >= 4 is 5.97 Å². The highest BCUT2D eigenvalue weighted by molar-refractivity contribution is 5.71. The quantitative estimate of drug-likeness (QED) is 0.851. The zero-order valence-electron chi connectivity index (χ0n) is 9.32. The van der Waals surface area contributed by atoms with Crippen molar-refractivity contribution in [1.29, 1.82) is 0 Å². The zero-order chi connectivity index (χ0) is 11.7. The minimum atomic E-state index is -0.833. The fourth-order valence-electron chi connectivity index (χ4n) is 1.85. The first-order chi connectivity index (χ1) is 7.58. The van der Waals surface area contributed by atoms with Crippen molar-refractivity contribution in [3.8, 4) is 11.5 Å². The van der Waals surface area contributed by atoms with E-state index in [1.807, 2.05) is 19.9 Å². The highest BCUT2D eigenvalue weighted by atomic mass is 16.7. The van der Waals surface area contributed by atoms with Gasteiger partial charge in [0.1, 0.15) is 0 Å². The third kappa shape index (κ3) is 1.96. The predicted molar refractivity (Wildman–Crippen MR) is 58.0 cm³/mol. The van der Waals surface area contributed by atoms with E-state index in [0.29, 0.717) is 11.5 Å². The maximum Gasteiger partial charge on any atom is 0.307 e. The first kappa shape index (κ1) is 10.8. The topological polar surface area (TPSA) is 55.8 Å². The molecule has 4 nitrogen and oxygen atoms in total. The zero-order valence-corrected chi connectivity index (χ0v) is 9.32. The van der Waals surface area contributed by atoms with Gasteiger partial charge in [-0.15, -0.1) is 0 Å². The number of benzene rings is 1. The van der Waals surface area contributed by atoms with E-state index in [1.54, 1.807) is 6.07 Å². The van der Waals surface area contributed by atoms with Crippen LogP contribution in [0.25, 0.3) is 0 Å². The highest BCUT2D eigenvalue weighted by Gasteiger charge is 2.19. The van der Waals surface area contributed by atoms with Crippen LogP contribution in [0.4, 0.5) is 0 Å². The molecule has 1 N–H and O–H groups in total. The molecule has 0 amide bonds. The molecule has 0 saturated carbocycles. The molecule has 0 saturated heterocycles. The Bertz CT molecular complexity index is 423. The van der Waals surface area contributed by atoms with E-state index in [4.69, 9.17) is 14.6 Å². The smallest absolute Gasteiger partial charge is 0.307 e. The molecule has 1 aromatic rings. The number of hydrogen-bond acceptors (Lipinski definition) is 3. The molecule has 0 aromatic heterocycles. The molecule has 0 spiro atoms. The van der Waals surface area contributed by atoms with Gasteiger partial charge in [-0.3, -0.25) is 4.79 Å². The lowest BCUT2D eigenvalue weighted by atomic mass is 9.94. The van der Waals surface area contributed by atoms with Crippen LogP contribution in [0.3, 0.4) is 0 Å². The summed E-state index contributed by atoms with van der Waals surface area (Å²) >= 11 is 0. The Morgan fingerprint density at radius 3 is 2.56 bits per heavy atom. The summed E-state index contributed by atoms with van der Waals surface area (Å²) in [6.07, 6.45) is 0.0180. The van der Waals surface area contributed by atoms with E-state index < -0.39 is 5.97 Å². The summed E-state index contributed by atoms with van der Waals surface area (Å²) in [6, 6.07) is 3.65. The van der Waals surface area contributed by atoms with Crippen molar-refractivity contribution in [2.75, 3.05) is 6.79 Å². The Kier molecular flexibility index (Phi) is 2.73. The number of aliphatic carboxylic acids is 1. The van der Waals surface area contributed by atoms with Crippen LogP contribution in [0.5, 0.6) is 11.5 Å². The maximum absolute atomic E-state index is 10.8. The number of ether oxygens (including phenoxy) is 2. The third-order valence-electron chi connectivity index (χ3n) is 2.60. The lowest BCUT2D eigenvalue weighted by molar-refractivity contribution is -0.136. The molecule has 4 heteroatoms. The SMILES string of the molecule is CC(C)c1cc2c(cc1CC(=O)O)OCO2.